The van der Waals surface area contributed by atoms with Crippen LogP contribution in [0, 0.1) is 0 Å². The number of hydrogen-bond acceptors (Lipinski definition) is 4. The Bertz CT molecular complexity index is 301. The summed E-state index contributed by atoms with van der Waals surface area (Å²) in [6.45, 7) is 5.26. The molecular formula is C10H19N5. The van der Waals surface area contributed by atoms with Crippen molar-refractivity contribution in [3.05, 3.63) is 18.2 Å². The summed E-state index contributed by atoms with van der Waals surface area (Å²) >= 11 is 0. The minimum absolute atomic E-state index is 0.867. The van der Waals surface area contributed by atoms with Crippen LogP contribution in [-0.4, -0.2) is 54.8 Å². The number of nitrogens with zero attached hydrogens (tertiary/aromatic N) is 4. The maximum Gasteiger partial charge on any atom is 0.114 e. The minimum atomic E-state index is 0.867. The first-order valence-corrected chi connectivity index (χ1v) is 5.41. The van der Waals surface area contributed by atoms with Gasteiger partial charge < -0.3 is 15.2 Å². The number of imidazole rings is 1. The number of aromatic nitrogens is 2. The molecule has 0 spiro atoms. The van der Waals surface area contributed by atoms with E-state index in [1.165, 1.54) is 5.69 Å². The second-order valence-corrected chi connectivity index (χ2v) is 4.02. The van der Waals surface area contributed by atoms with Crippen LogP contribution in [0.25, 0.3) is 0 Å². The van der Waals surface area contributed by atoms with Gasteiger partial charge in [-0.25, -0.2) is 9.66 Å². The van der Waals surface area contributed by atoms with Gasteiger partial charge in [-0.15, -0.1) is 0 Å². The molecule has 0 radical (unpaired) electrons. The molecule has 1 aliphatic rings. The van der Waals surface area contributed by atoms with E-state index in [4.69, 9.17) is 0 Å². The molecule has 2 rings (SSSR count). The average molecular weight is 209 g/mol. The minimum Gasteiger partial charge on any atom is -0.314 e. The Labute approximate surface area is 90.7 Å². The van der Waals surface area contributed by atoms with E-state index in [-0.39, 0.29) is 0 Å². The Morgan fingerprint density at radius 2 is 2.07 bits per heavy atom. The van der Waals surface area contributed by atoms with E-state index in [2.05, 4.69) is 31.9 Å². The quantitative estimate of drug-likeness (QED) is 0.727. The van der Waals surface area contributed by atoms with Crippen LogP contribution in [0.1, 0.15) is 5.69 Å². The van der Waals surface area contributed by atoms with Crippen molar-refractivity contribution in [3.63, 3.8) is 0 Å². The summed E-state index contributed by atoms with van der Waals surface area (Å²) < 4.78 is 2.17. The molecule has 0 aliphatic carbocycles. The maximum absolute atomic E-state index is 4.20. The number of hydrogen-bond donors (Lipinski definition) is 1. The van der Waals surface area contributed by atoms with Crippen molar-refractivity contribution in [2.24, 2.45) is 0 Å². The monoisotopic (exact) mass is 209 g/mol. The third kappa shape index (κ3) is 2.30. The van der Waals surface area contributed by atoms with Crippen LogP contribution in [0.3, 0.4) is 0 Å². The third-order valence-electron chi connectivity index (χ3n) is 2.84. The van der Waals surface area contributed by atoms with Crippen molar-refractivity contribution in [1.29, 1.82) is 0 Å². The Morgan fingerprint density at radius 1 is 1.33 bits per heavy atom. The van der Waals surface area contributed by atoms with Crippen molar-refractivity contribution in [1.82, 2.24) is 19.9 Å². The van der Waals surface area contributed by atoms with E-state index in [1.807, 2.05) is 19.6 Å². The molecule has 1 N–H and O–H groups in total. The topological polar surface area (TPSA) is 36.3 Å². The molecule has 1 aromatic rings. The molecule has 0 bridgehead atoms. The van der Waals surface area contributed by atoms with E-state index >= 15 is 0 Å². The van der Waals surface area contributed by atoms with Crippen LogP contribution in [0.4, 0.5) is 0 Å². The Hall–Kier alpha value is -1.07. The van der Waals surface area contributed by atoms with E-state index in [0.717, 1.165) is 32.7 Å². The summed E-state index contributed by atoms with van der Waals surface area (Å²) in [5.74, 6) is 0. The van der Waals surface area contributed by atoms with Gasteiger partial charge in [0.05, 0.1) is 11.9 Å². The van der Waals surface area contributed by atoms with Gasteiger partial charge in [0.2, 0.25) is 0 Å². The smallest absolute Gasteiger partial charge is 0.114 e. The summed E-state index contributed by atoms with van der Waals surface area (Å²) in [5, 5.41) is 5.51. The van der Waals surface area contributed by atoms with Crippen molar-refractivity contribution < 1.29 is 0 Å². The highest BCUT2D eigenvalue weighted by Gasteiger charge is 2.15. The van der Waals surface area contributed by atoms with Gasteiger partial charge in [0, 0.05) is 32.7 Å². The predicted octanol–water partition coefficient (Wildman–Crippen LogP) is -0.514. The summed E-state index contributed by atoms with van der Waals surface area (Å²) in [6, 6.07) is 0. The normalized spacial score (nSPS) is 18.4. The van der Waals surface area contributed by atoms with Gasteiger partial charge in [-0.2, -0.15) is 0 Å². The summed E-state index contributed by atoms with van der Waals surface area (Å²) in [4.78, 5) is 6.56. The standard InChI is InChI=1S/C10H19N5/c1-11-7-10-8-12-9-15(10)14-5-3-13(2)4-6-14/h8-9,11H,3-7H2,1-2H3. The first-order valence-electron chi connectivity index (χ1n) is 5.41. The van der Waals surface area contributed by atoms with Crippen molar-refractivity contribution in [2.45, 2.75) is 6.54 Å². The number of likely N-dealkylation sites (N-methyl/N-ethyl adjacent to an activating group) is 1. The molecule has 1 fully saturated rings. The number of rotatable bonds is 3. The zero-order valence-electron chi connectivity index (χ0n) is 9.48. The molecule has 0 aromatic carbocycles. The second-order valence-electron chi connectivity index (χ2n) is 4.02. The molecule has 1 aromatic heterocycles. The van der Waals surface area contributed by atoms with Crippen LogP contribution in [-0.2, 0) is 6.54 Å². The van der Waals surface area contributed by atoms with Crippen LogP contribution in [0.15, 0.2) is 12.5 Å². The molecule has 2 heterocycles. The van der Waals surface area contributed by atoms with Gasteiger partial charge >= 0.3 is 0 Å². The highest BCUT2D eigenvalue weighted by molar-refractivity contribution is 5.04. The van der Waals surface area contributed by atoms with Gasteiger partial charge in [-0.1, -0.05) is 0 Å². The molecule has 5 nitrogen and oxygen atoms in total. The van der Waals surface area contributed by atoms with E-state index in [0.29, 0.717) is 0 Å². The van der Waals surface area contributed by atoms with E-state index in [1.54, 1.807) is 0 Å². The van der Waals surface area contributed by atoms with Gasteiger partial charge in [-0.05, 0) is 14.1 Å². The van der Waals surface area contributed by atoms with Crippen LogP contribution >= 0.6 is 0 Å². The van der Waals surface area contributed by atoms with E-state index in [9.17, 15) is 0 Å². The zero-order chi connectivity index (χ0) is 10.7. The fourth-order valence-electron chi connectivity index (χ4n) is 1.89. The third-order valence-corrected chi connectivity index (χ3v) is 2.84. The Kier molecular flexibility index (Phi) is 3.23. The molecule has 1 saturated heterocycles. The molecule has 1 aliphatic heterocycles. The fraction of sp³-hybridized carbons (Fsp3) is 0.700. The van der Waals surface area contributed by atoms with Crippen LogP contribution in [0.2, 0.25) is 0 Å². The lowest BCUT2D eigenvalue weighted by atomic mass is 10.4. The lowest BCUT2D eigenvalue weighted by Crippen LogP contribution is -2.50. The Balaban J connectivity index is 2.05. The fourth-order valence-corrected chi connectivity index (χ4v) is 1.89. The molecule has 84 valence electrons. The first kappa shape index (κ1) is 10.4. The number of nitrogens with one attached hydrogen (secondary N) is 1. The molecule has 0 amide bonds. The molecule has 0 saturated carbocycles. The summed E-state index contributed by atoms with van der Waals surface area (Å²) in [7, 11) is 4.13. The summed E-state index contributed by atoms with van der Waals surface area (Å²) in [5.41, 5.74) is 1.22. The van der Waals surface area contributed by atoms with Gasteiger partial charge in [0.15, 0.2) is 0 Å². The molecular weight excluding hydrogens is 190 g/mol. The lowest BCUT2D eigenvalue weighted by Gasteiger charge is -2.35. The largest absolute Gasteiger partial charge is 0.314 e. The highest BCUT2D eigenvalue weighted by Crippen LogP contribution is 2.04. The predicted molar refractivity (Wildman–Crippen MR) is 60.4 cm³/mol. The zero-order valence-corrected chi connectivity index (χ0v) is 9.48. The molecule has 15 heavy (non-hydrogen) atoms. The van der Waals surface area contributed by atoms with Gasteiger partial charge in [0.25, 0.3) is 0 Å². The van der Waals surface area contributed by atoms with Crippen LogP contribution < -0.4 is 10.3 Å². The average Bonchev–Trinajstić information content (AvgIpc) is 2.68. The van der Waals surface area contributed by atoms with Gasteiger partial charge in [-0.3, -0.25) is 0 Å². The highest BCUT2D eigenvalue weighted by atomic mass is 15.6. The van der Waals surface area contributed by atoms with Crippen molar-refractivity contribution in [2.75, 3.05) is 45.3 Å². The molecule has 0 atom stereocenters. The van der Waals surface area contributed by atoms with Gasteiger partial charge in [0.1, 0.15) is 6.33 Å². The second kappa shape index (κ2) is 4.63. The van der Waals surface area contributed by atoms with Crippen molar-refractivity contribution >= 4 is 0 Å². The van der Waals surface area contributed by atoms with E-state index < -0.39 is 0 Å². The molecule has 5 heteroatoms. The van der Waals surface area contributed by atoms with Crippen molar-refractivity contribution in [3.8, 4) is 0 Å². The molecule has 0 unspecified atom stereocenters. The maximum atomic E-state index is 4.20. The summed E-state index contributed by atoms with van der Waals surface area (Å²) in [6.07, 6.45) is 3.83. The number of piperazine rings is 1. The lowest BCUT2D eigenvalue weighted by molar-refractivity contribution is 0.285. The first-order chi connectivity index (χ1) is 7.31. The Morgan fingerprint density at radius 3 is 2.73 bits per heavy atom. The van der Waals surface area contributed by atoms with Crippen LogP contribution in [0.5, 0.6) is 0 Å². The SMILES string of the molecule is CNCc1cncn1N1CCN(C)CC1.